The van der Waals surface area contributed by atoms with E-state index >= 15 is 0 Å². The fourth-order valence-electron chi connectivity index (χ4n) is 1.37. The topological polar surface area (TPSA) is 41.1 Å². The van der Waals surface area contributed by atoms with E-state index < -0.39 is 17.4 Å². The Kier molecular flexibility index (Phi) is 7.16. The quantitative estimate of drug-likeness (QED) is 0.471. The monoisotopic (exact) mass is 342 g/mol. The zero-order valence-electron chi connectivity index (χ0n) is 11.1. The summed E-state index contributed by atoms with van der Waals surface area (Å²) in [6, 6.07) is 2.76. The van der Waals surface area contributed by atoms with Crippen LogP contribution in [0.25, 0.3) is 0 Å². The normalized spacial score (nSPS) is 11.3. The van der Waals surface area contributed by atoms with E-state index in [9.17, 15) is 22.4 Å². The molecule has 1 rings (SSSR count). The summed E-state index contributed by atoms with van der Waals surface area (Å²) in [5, 5.41) is 5.01. The maximum Gasteiger partial charge on any atom is 0.446 e. The van der Waals surface area contributed by atoms with Gasteiger partial charge in [-0.05, 0) is 30.2 Å². The van der Waals surface area contributed by atoms with Gasteiger partial charge in [-0.3, -0.25) is 0 Å². The second-order valence-electron chi connectivity index (χ2n) is 3.90. The lowest BCUT2D eigenvalue weighted by atomic mass is 10.2. The van der Waals surface area contributed by atoms with Crippen LogP contribution in [0.2, 0.25) is 0 Å². The van der Waals surface area contributed by atoms with Gasteiger partial charge in [0.1, 0.15) is 5.82 Å². The van der Waals surface area contributed by atoms with Crippen LogP contribution in [0.5, 0.6) is 0 Å². The first-order valence-electron chi connectivity index (χ1n) is 5.86. The van der Waals surface area contributed by atoms with Gasteiger partial charge in [0.15, 0.2) is 0 Å². The fourth-order valence-corrected chi connectivity index (χ4v) is 2.25. The molecule has 0 saturated heterocycles. The molecular formula is C12H14F4N2OS2. The third-order valence-corrected chi connectivity index (χ3v) is 3.62. The summed E-state index contributed by atoms with van der Waals surface area (Å²) in [4.78, 5) is 11.1. The highest BCUT2D eigenvalue weighted by Crippen LogP contribution is 2.37. The van der Waals surface area contributed by atoms with E-state index in [2.05, 4.69) is 10.6 Å². The first-order chi connectivity index (χ1) is 9.81. The summed E-state index contributed by atoms with van der Waals surface area (Å²) in [5.41, 5.74) is -4.33. The van der Waals surface area contributed by atoms with Crippen molar-refractivity contribution in [3.05, 3.63) is 29.6 Å². The molecule has 3 nitrogen and oxygen atoms in total. The average Bonchev–Trinajstić information content (AvgIpc) is 2.36. The van der Waals surface area contributed by atoms with Crippen molar-refractivity contribution in [1.82, 2.24) is 10.6 Å². The molecular weight excluding hydrogens is 328 g/mol. The Bertz CT molecular complexity index is 483. The van der Waals surface area contributed by atoms with Gasteiger partial charge in [0, 0.05) is 29.3 Å². The number of thioether (sulfide) groups is 2. The molecule has 0 spiro atoms. The summed E-state index contributed by atoms with van der Waals surface area (Å²) in [5.74, 6) is -0.0285. The molecule has 2 amide bonds. The number of carbonyl (C=O) groups excluding carboxylic acids is 1. The van der Waals surface area contributed by atoms with Gasteiger partial charge in [-0.2, -0.15) is 24.9 Å². The van der Waals surface area contributed by atoms with Crippen LogP contribution in [0.3, 0.4) is 0 Å². The number of halogens is 4. The number of benzene rings is 1. The molecule has 0 aromatic heterocycles. The maximum atomic E-state index is 13.6. The second kappa shape index (κ2) is 8.38. The highest BCUT2D eigenvalue weighted by molar-refractivity contribution is 8.00. The number of alkyl halides is 3. The molecule has 0 aliphatic rings. The van der Waals surface area contributed by atoms with E-state index in [0.717, 1.165) is 11.8 Å². The third kappa shape index (κ3) is 7.47. The molecule has 0 radical (unpaired) electrons. The number of amides is 2. The Morgan fingerprint density at radius 3 is 2.57 bits per heavy atom. The lowest BCUT2D eigenvalue weighted by molar-refractivity contribution is -0.0328. The highest BCUT2D eigenvalue weighted by atomic mass is 32.2. The number of urea groups is 1. The Morgan fingerprint density at radius 1 is 1.29 bits per heavy atom. The van der Waals surface area contributed by atoms with Crippen molar-refractivity contribution < 1.29 is 22.4 Å². The van der Waals surface area contributed by atoms with Gasteiger partial charge in [-0.25, -0.2) is 9.18 Å². The van der Waals surface area contributed by atoms with E-state index in [-0.39, 0.29) is 28.8 Å². The van der Waals surface area contributed by atoms with Gasteiger partial charge in [-0.15, -0.1) is 0 Å². The largest absolute Gasteiger partial charge is 0.446 e. The summed E-state index contributed by atoms with van der Waals surface area (Å²) in [6.45, 7) is 0.393. The summed E-state index contributed by atoms with van der Waals surface area (Å²) in [6.07, 6.45) is 1.90. The Labute approximate surface area is 128 Å². The molecule has 2 N–H and O–H groups in total. The predicted octanol–water partition coefficient (Wildman–Crippen LogP) is 3.60. The van der Waals surface area contributed by atoms with E-state index in [1.165, 1.54) is 12.1 Å². The number of nitrogens with one attached hydrogen (secondary N) is 2. The van der Waals surface area contributed by atoms with E-state index in [1.807, 2.05) is 6.26 Å². The van der Waals surface area contributed by atoms with Crippen molar-refractivity contribution in [2.75, 3.05) is 18.6 Å². The van der Waals surface area contributed by atoms with Gasteiger partial charge in [0.2, 0.25) is 0 Å². The minimum atomic E-state index is -4.45. The molecule has 0 heterocycles. The molecule has 0 unspecified atom stereocenters. The minimum Gasteiger partial charge on any atom is -0.337 e. The standard InChI is InChI=1S/C12H14F4N2OS2/c1-20-5-4-17-11(19)18-7-8-2-3-9(6-10(8)13)21-12(14,15)16/h2-3,6H,4-5,7H2,1H3,(H2,17,18,19). The van der Waals surface area contributed by atoms with E-state index in [1.54, 1.807) is 11.8 Å². The van der Waals surface area contributed by atoms with Crippen molar-refractivity contribution in [3.8, 4) is 0 Å². The van der Waals surface area contributed by atoms with Crippen LogP contribution in [0.15, 0.2) is 23.1 Å². The van der Waals surface area contributed by atoms with Gasteiger partial charge >= 0.3 is 11.5 Å². The zero-order chi connectivity index (χ0) is 15.9. The summed E-state index contributed by atoms with van der Waals surface area (Å²) in [7, 11) is 0. The number of carbonyl (C=O) groups is 1. The van der Waals surface area contributed by atoms with Crippen molar-refractivity contribution in [2.45, 2.75) is 16.9 Å². The van der Waals surface area contributed by atoms with Crippen LogP contribution in [-0.4, -0.2) is 30.1 Å². The first kappa shape index (κ1) is 18.0. The maximum absolute atomic E-state index is 13.6. The van der Waals surface area contributed by atoms with Crippen LogP contribution in [-0.2, 0) is 6.54 Å². The zero-order valence-corrected chi connectivity index (χ0v) is 12.7. The number of hydrogen-bond acceptors (Lipinski definition) is 3. The van der Waals surface area contributed by atoms with Crippen LogP contribution < -0.4 is 10.6 Å². The van der Waals surface area contributed by atoms with Gasteiger partial charge in [-0.1, -0.05) is 6.07 Å². The molecule has 1 aromatic rings. The van der Waals surface area contributed by atoms with Crippen LogP contribution in [0.4, 0.5) is 22.4 Å². The van der Waals surface area contributed by atoms with Crippen LogP contribution >= 0.6 is 23.5 Å². The van der Waals surface area contributed by atoms with E-state index in [0.29, 0.717) is 6.54 Å². The average molecular weight is 342 g/mol. The van der Waals surface area contributed by atoms with Crippen LogP contribution in [0, 0.1) is 5.82 Å². The van der Waals surface area contributed by atoms with Crippen molar-refractivity contribution in [2.24, 2.45) is 0 Å². The van der Waals surface area contributed by atoms with Gasteiger partial charge < -0.3 is 10.6 Å². The Morgan fingerprint density at radius 2 is 2.00 bits per heavy atom. The molecule has 21 heavy (non-hydrogen) atoms. The molecule has 0 bridgehead atoms. The number of rotatable bonds is 6. The molecule has 0 atom stereocenters. The summed E-state index contributed by atoms with van der Waals surface area (Å²) < 4.78 is 50.1. The molecule has 0 aliphatic heterocycles. The van der Waals surface area contributed by atoms with Crippen molar-refractivity contribution in [1.29, 1.82) is 0 Å². The fraction of sp³-hybridized carbons (Fsp3) is 0.417. The lowest BCUT2D eigenvalue weighted by Gasteiger charge is -2.10. The van der Waals surface area contributed by atoms with Gasteiger partial charge in [0.25, 0.3) is 0 Å². The Balaban J connectivity index is 2.51. The first-order valence-corrected chi connectivity index (χ1v) is 8.07. The van der Waals surface area contributed by atoms with Gasteiger partial charge in [0.05, 0.1) is 0 Å². The second-order valence-corrected chi connectivity index (χ2v) is 6.03. The van der Waals surface area contributed by atoms with E-state index in [4.69, 9.17) is 0 Å². The molecule has 1 aromatic carbocycles. The molecule has 0 aliphatic carbocycles. The van der Waals surface area contributed by atoms with Crippen molar-refractivity contribution >= 4 is 29.6 Å². The SMILES string of the molecule is CSCCNC(=O)NCc1ccc(SC(F)(F)F)cc1F. The molecule has 118 valence electrons. The smallest absolute Gasteiger partial charge is 0.337 e. The molecule has 9 heteroatoms. The highest BCUT2D eigenvalue weighted by Gasteiger charge is 2.29. The number of hydrogen-bond donors (Lipinski definition) is 2. The Hall–Kier alpha value is -1.09. The lowest BCUT2D eigenvalue weighted by Crippen LogP contribution is -2.36. The van der Waals surface area contributed by atoms with Crippen molar-refractivity contribution in [3.63, 3.8) is 0 Å². The van der Waals surface area contributed by atoms with Crippen LogP contribution in [0.1, 0.15) is 5.56 Å². The third-order valence-electron chi connectivity index (χ3n) is 2.29. The predicted molar refractivity (Wildman–Crippen MR) is 76.9 cm³/mol. The molecule has 0 fully saturated rings. The summed E-state index contributed by atoms with van der Waals surface area (Å²) >= 11 is 1.19. The minimum absolute atomic E-state index is 0.0894. The molecule has 0 saturated carbocycles.